The first kappa shape index (κ1) is 18.2. The Morgan fingerprint density at radius 1 is 1.04 bits per heavy atom. The van der Waals surface area contributed by atoms with E-state index >= 15 is 0 Å². The van der Waals surface area contributed by atoms with Gasteiger partial charge in [0.1, 0.15) is 11.6 Å². The molecule has 0 saturated carbocycles. The van der Waals surface area contributed by atoms with E-state index in [4.69, 9.17) is 0 Å². The monoisotopic (exact) mass is 378 g/mol. The predicted octanol–water partition coefficient (Wildman–Crippen LogP) is 5.45. The SMILES string of the molecule is Cc1ccc([C@H]2c3ccccc3CCN2C(=O)Nc2ccc(F)cc2F)cc1. The fraction of sp³-hybridized carbons (Fsp3) is 0.174. The van der Waals surface area contributed by atoms with Crippen molar-refractivity contribution in [3.8, 4) is 0 Å². The number of carbonyl (C=O) groups is 1. The molecule has 0 aliphatic carbocycles. The van der Waals surface area contributed by atoms with Gasteiger partial charge in [-0.3, -0.25) is 0 Å². The lowest BCUT2D eigenvalue weighted by Crippen LogP contribution is -2.43. The highest BCUT2D eigenvalue weighted by molar-refractivity contribution is 5.90. The Balaban J connectivity index is 1.70. The lowest BCUT2D eigenvalue weighted by molar-refractivity contribution is 0.194. The van der Waals surface area contributed by atoms with Crippen molar-refractivity contribution < 1.29 is 13.6 Å². The van der Waals surface area contributed by atoms with Crippen molar-refractivity contribution in [2.75, 3.05) is 11.9 Å². The summed E-state index contributed by atoms with van der Waals surface area (Å²) >= 11 is 0. The van der Waals surface area contributed by atoms with E-state index in [0.29, 0.717) is 6.54 Å². The Kier molecular flexibility index (Phi) is 4.82. The number of nitrogens with zero attached hydrogens (tertiary/aromatic N) is 1. The summed E-state index contributed by atoms with van der Waals surface area (Å²) in [7, 11) is 0. The molecule has 1 aliphatic rings. The number of halogens is 2. The summed E-state index contributed by atoms with van der Waals surface area (Å²) in [6, 6.07) is 18.6. The summed E-state index contributed by atoms with van der Waals surface area (Å²) < 4.78 is 27.2. The van der Waals surface area contributed by atoms with E-state index in [1.54, 1.807) is 4.90 Å². The second-order valence-corrected chi connectivity index (χ2v) is 7.01. The summed E-state index contributed by atoms with van der Waals surface area (Å²) in [5.41, 5.74) is 4.36. The zero-order chi connectivity index (χ0) is 19.7. The molecule has 1 aliphatic heterocycles. The quantitative estimate of drug-likeness (QED) is 0.632. The molecule has 3 aromatic carbocycles. The Morgan fingerprint density at radius 3 is 2.54 bits per heavy atom. The molecule has 1 atom stereocenters. The number of hydrogen-bond donors (Lipinski definition) is 1. The largest absolute Gasteiger partial charge is 0.322 e. The molecule has 2 amide bonds. The van der Waals surface area contributed by atoms with Crippen molar-refractivity contribution in [2.45, 2.75) is 19.4 Å². The average Bonchev–Trinajstić information content (AvgIpc) is 2.70. The number of nitrogens with one attached hydrogen (secondary N) is 1. The van der Waals surface area contributed by atoms with Gasteiger partial charge in [-0.2, -0.15) is 0 Å². The van der Waals surface area contributed by atoms with Gasteiger partial charge in [0.05, 0.1) is 11.7 Å². The highest BCUT2D eigenvalue weighted by Crippen LogP contribution is 2.35. The first-order valence-corrected chi connectivity index (χ1v) is 9.20. The van der Waals surface area contributed by atoms with Crippen LogP contribution in [0.15, 0.2) is 66.7 Å². The second kappa shape index (κ2) is 7.43. The molecule has 0 fully saturated rings. The van der Waals surface area contributed by atoms with Crippen molar-refractivity contribution in [1.29, 1.82) is 0 Å². The summed E-state index contributed by atoms with van der Waals surface area (Å²) in [5.74, 6) is -1.47. The molecule has 0 bridgehead atoms. The van der Waals surface area contributed by atoms with Gasteiger partial charge in [0.2, 0.25) is 0 Å². The number of benzene rings is 3. The van der Waals surface area contributed by atoms with Crippen LogP contribution in [0, 0.1) is 18.6 Å². The number of fused-ring (bicyclic) bond motifs is 1. The number of rotatable bonds is 2. The van der Waals surface area contributed by atoms with E-state index in [0.717, 1.165) is 35.2 Å². The summed E-state index contributed by atoms with van der Waals surface area (Å²) in [6.07, 6.45) is 0.720. The molecule has 0 aromatic heterocycles. The smallest absolute Gasteiger partial charge is 0.313 e. The third kappa shape index (κ3) is 3.48. The van der Waals surface area contributed by atoms with E-state index in [1.165, 1.54) is 11.6 Å². The fourth-order valence-corrected chi connectivity index (χ4v) is 3.67. The first-order valence-electron chi connectivity index (χ1n) is 9.20. The van der Waals surface area contributed by atoms with Crippen LogP contribution in [0.3, 0.4) is 0 Å². The minimum Gasteiger partial charge on any atom is -0.313 e. The van der Waals surface area contributed by atoms with Crippen LogP contribution in [-0.4, -0.2) is 17.5 Å². The van der Waals surface area contributed by atoms with Crippen LogP contribution >= 0.6 is 0 Å². The van der Waals surface area contributed by atoms with Gasteiger partial charge in [-0.15, -0.1) is 0 Å². The zero-order valence-corrected chi connectivity index (χ0v) is 15.5. The Morgan fingerprint density at radius 2 is 1.79 bits per heavy atom. The molecular weight excluding hydrogens is 358 g/mol. The van der Waals surface area contributed by atoms with E-state index < -0.39 is 17.7 Å². The van der Waals surface area contributed by atoms with Gasteiger partial charge < -0.3 is 10.2 Å². The van der Waals surface area contributed by atoms with Crippen LogP contribution in [0.2, 0.25) is 0 Å². The lowest BCUT2D eigenvalue weighted by Gasteiger charge is -2.37. The van der Waals surface area contributed by atoms with Crippen LogP contribution < -0.4 is 5.32 Å². The third-order valence-electron chi connectivity index (χ3n) is 5.11. The molecule has 5 heteroatoms. The molecule has 142 valence electrons. The van der Waals surface area contributed by atoms with Crippen molar-refractivity contribution in [3.63, 3.8) is 0 Å². The Labute approximate surface area is 162 Å². The summed E-state index contributed by atoms with van der Waals surface area (Å²) in [5, 5.41) is 2.59. The highest BCUT2D eigenvalue weighted by atomic mass is 19.1. The molecular formula is C23H20F2N2O. The molecule has 1 heterocycles. The first-order chi connectivity index (χ1) is 13.5. The minimum atomic E-state index is -0.794. The predicted molar refractivity (Wildman–Crippen MR) is 105 cm³/mol. The van der Waals surface area contributed by atoms with E-state index in [1.807, 2.05) is 49.4 Å². The van der Waals surface area contributed by atoms with Crippen LogP contribution in [0.4, 0.5) is 19.3 Å². The molecule has 3 nitrogen and oxygen atoms in total. The van der Waals surface area contributed by atoms with Gasteiger partial charge in [-0.1, -0.05) is 54.1 Å². The fourth-order valence-electron chi connectivity index (χ4n) is 3.67. The van der Waals surface area contributed by atoms with Crippen LogP contribution in [0.25, 0.3) is 0 Å². The van der Waals surface area contributed by atoms with E-state index in [-0.39, 0.29) is 11.7 Å². The Bertz CT molecular complexity index is 1020. The molecule has 0 unspecified atom stereocenters. The normalized spacial score (nSPS) is 15.8. The standard InChI is InChI=1S/C23H20F2N2O/c1-15-6-8-17(9-7-15)22-19-5-3-2-4-16(19)12-13-27(22)23(28)26-21-11-10-18(24)14-20(21)25/h2-11,14,22H,12-13H2,1H3,(H,26,28)/t22-/m0/s1. The Hall–Kier alpha value is -3.21. The molecule has 0 spiro atoms. The number of carbonyl (C=O) groups excluding carboxylic acids is 1. The maximum Gasteiger partial charge on any atom is 0.322 e. The third-order valence-corrected chi connectivity index (χ3v) is 5.11. The average molecular weight is 378 g/mol. The maximum atomic E-state index is 14.0. The zero-order valence-electron chi connectivity index (χ0n) is 15.5. The molecule has 3 aromatic rings. The molecule has 4 rings (SSSR count). The van der Waals surface area contributed by atoms with Gasteiger partial charge in [0.25, 0.3) is 0 Å². The minimum absolute atomic E-state index is 0.0343. The molecule has 0 radical (unpaired) electrons. The van der Waals surface area contributed by atoms with E-state index in [2.05, 4.69) is 11.4 Å². The van der Waals surface area contributed by atoms with Crippen molar-refractivity contribution in [1.82, 2.24) is 4.90 Å². The van der Waals surface area contributed by atoms with Gasteiger partial charge >= 0.3 is 6.03 Å². The van der Waals surface area contributed by atoms with Gasteiger partial charge in [0, 0.05) is 12.6 Å². The molecule has 28 heavy (non-hydrogen) atoms. The summed E-state index contributed by atoms with van der Waals surface area (Å²) in [4.78, 5) is 14.7. The summed E-state index contributed by atoms with van der Waals surface area (Å²) in [6.45, 7) is 2.52. The maximum absolute atomic E-state index is 14.0. The van der Waals surface area contributed by atoms with E-state index in [9.17, 15) is 13.6 Å². The number of aryl methyl sites for hydroxylation is 1. The molecule has 0 saturated heterocycles. The van der Waals surface area contributed by atoms with Crippen molar-refractivity contribution in [2.24, 2.45) is 0 Å². The van der Waals surface area contributed by atoms with Crippen molar-refractivity contribution >= 4 is 11.7 Å². The van der Waals surface area contributed by atoms with Gasteiger partial charge in [0.15, 0.2) is 0 Å². The molecule has 1 N–H and O–H groups in total. The van der Waals surface area contributed by atoms with Crippen LogP contribution in [0.1, 0.15) is 28.3 Å². The number of urea groups is 1. The number of anilines is 1. The van der Waals surface area contributed by atoms with Gasteiger partial charge in [-0.25, -0.2) is 13.6 Å². The topological polar surface area (TPSA) is 32.3 Å². The van der Waals surface area contributed by atoms with Crippen LogP contribution in [-0.2, 0) is 6.42 Å². The lowest BCUT2D eigenvalue weighted by atomic mass is 9.88. The number of amides is 2. The second-order valence-electron chi connectivity index (χ2n) is 7.01. The van der Waals surface area contributed by atoms with Crippen LogP contribution in [0.5, 0.6) is 0 Å². The number of hydrogen-bond acceptors (Lipinski definition) is 1. The highest BCUT2D eigenvalue weighted by Gasteiger charge is 2.32. The van der Waals surface area contributed by atoms with Crippen molar-refractivity contribution in [3.05, 3.63) is 101 Å². The van der Waals surface area contributed by atoms with Gasteiger partial charge in [-0.05, 0) is 42.2 Å².